The van der Waals surface area contributed by atoms with E-state index in [1.165, 1.54) is 30.3 Å². The smallest absolute Gasteiger partial charge is 0.241 e. The first-order valence-corrected chi connectivity index (χ1v) is 12.2. The Morgan fingerprint density at radius 2 is 1.37 bits per heavy atom. The van der Waals surface area contributed by atoms with Gasteiger partial charge in [-0.2, -0.15) is 0 Å². The molecule has 2 heterocycles. The lowest BCUT2D eigenvalue weighted by atomic mass is 9.77. The zero-order valence-corrected chi connectivity index (χ0v) is 20.8. The molecule has 0 N–H and O–H groups in total. The Labute approximate surface area is 217 Å². The molecule has 3 atom stereocenters. The number of fused-ring (bicyclic) bond motifs is 3. The van der Waals surface area contributed by atoms with Crippen LogP contribution >= 0.6 is 39.1 Å². The number of carbonyl (C=O) groups excluding carboxylic acids is 4. The number of hydrogen-bond acceptors (Lipinski definition) is 5. The largest absolute Gasteiger partial charge is 0.349 e. The number of rotatable bonds is 2. The normalized spacial score (nSPS) is 24.4. The summed E-state index contributed by atoms with van der Waals surface area (Å²) in [5, 5.41) is 0.474. The van der Waals surface area contributed by atoms with E-state index in [-0.39, 0.29) is 26.9 Å². The van der Waals surface area contributed by atoms with Gasteiger partial charge in [-0.3, -0.25) is 19.2 Å². The second-order valence-corrected chi connectivity index (χ2v) is 10.5. The fourth-order valence-corrected chi connectivity index (χ4v) is 6.17. The minimum Gasteiger partial charge on any atom is -0.349 e. The Hall–Kier alpha value is -2.84. The molecule has 174 valence electrons. The van der Waals surface area contributed by atoms with Crippen molar-refractivity contribution < 1.29 is 23.9 Å². The number of amides is 2. The average Bonchev–Trinajstić information content (AvgIpc) is 3.39. The van der Waals surface area contributed by atoms with Gasteiger partial charge in [-0.1, -0.05) is 75.5 Å². The lowest BCUT2D eigenvalue weighted by Gasteiger charge is -2.27. The van der Waals surface area contributed by atoms with Gasteiger partial charge in [-0.15, -0.1) is 0 Å². The summed E-state index contributed by atoms with van der Waals surface area (Å²) >= 11 is 15.7. The van der Waals surface area contributed by atoms with Crippen molar-refractivity contribution in [3.8, 4) is 0 Å². The predicted octanol–water partition coefficient (Wildman–Crippen LogP) is 5.45. The number of halogens is 3. The van der Waals surface area contributed by atoms with E-state index in [4.69, 9.17) is 27.9 Å². The summed E-state index contributed by atoms with van der Waals surface area (Å²) in [5.41, 5.74) is -1.03. The zero-order valence-electron chi connectivity index (χ0n) is 17.7. The number of Topliss-reactive ketones (excluding diaryl/α,β-unsaturated/α-hetero) is 2. The fourth-order valence-electron chi connectivity index (χ4n) is 5.39. The monoisotopic (exact) mass is 569 g/mol. The van der Waals surface area contributed by atoms with Crippen LogP contribution in [0.15, 0.2) is 71.2 Å². The van der Waals surface area contributed by atoms with Crippen molar-refractivity contribution in [3.05, 3.63) is 97.9 Å². The standard InChI is InChI=1S/C26H14BrCl2NO5/c27-13-7-5-12(6-8-13)21-19-20(25(34)30(24(19)33)16-10-14(28)9-15(29)11-16)26(35-21)22(31)17-3-1-2-4-18(17)23(26)32/h1-11,19-21H/t19-,20+,21+/m0/s1. The maximum atomic E-state index is 13.9. The number of hydrogen-bond donors (Lipinski definition) is 0. The molecule has 0 radical (unpaired) electrons. The van der Waals surface area contributed by atoms with E-state index in [2.05, 4.69) is 15.9 Å². The number of ketones is 2. The third kappa shape index (κ3) is 3.05. The van der Waals surface area contributed by atoms with Gasteiger partial charge in [0.15, 0.2) is 0 Å². The van der Waals surface area contributed by atoms with Gasteiger partial charge in [0.05, 0.1) is 23.6 Å². The average molecular weight is 571 g/mol. The Morgan fingerprint density at radius 3 is 1.94 bits per heavy atom. The van der Waals surface area contributed by atoms with Crippen molar-refractivity contribution in [1.82, 2.24) is 0 Å². The van der Waals surface area contributed by atoms with E-state index in [0.717, 1.165) is 9.37 Å². The van der Waals surface area contributed by atoms with Gasteiger partial charge >= 0.3 is 0 Å². The van der Waals surface area contributed by atoms with Crippen LogP contribution in [0, 0.1) is 11.8 Å². The quantitative estimate of drug-likeness (QED) is 0.302. The zero-order chi connectivity index (χ0) is 24.6. The first-order valence-electron chi connectivity index (χ1n) is 10.7. The van der Waals surface area contributed by atoms with Crippen LogP contribution in [0.5, 0.6) is 0 Å². The number of anilines is 1. The summed E-state index contributed by atoms with van der Waals surface area (Å²) in [6, 6.07) is 17.7. The van der Waals surface area contributed by atoms with Crippen molar-refractivity contribution in [2.24, 2.45) is 11.8 Å². The van der Waals surface area contributed by atoms with Crippen LogP contribution < -0.4 is 4.90 Å². The predicted molar refractivity (Wildman–Crippen MR) is 132 cm³/mol. The summed E-state index contributed by atoms with van der Waals surface area (Å²) in [4.78, 5) is 56.1. The summed E-state index contributed by atoms with van der Waals surface area (Å²) in [6.45, 7) is 0. The lowest BCUT2D eigenvalue weighted by Crippen LogP contribution is -2.51. The Bertz CT molecular complexity index is 1420. The molecular formula is C26H14BrCl2NO5. The van der Waals surface area contributed by atoms with Crippen molar-refractivity contribution in [2.45, 2.75) is 11.7 Å². The second-order valence-electron chi connectivity index (χ2n) is 8.67. The van der Waals surface area contributed by atoms with Gasteiger partial charge in [0.1, 0.15) is 0 Å². The van der Waals surface area contributed by atoms with Crippen LogP contribution in [0.3, 0.4) is 0 Å². The van der Waals surface area contributed by atoms with Crippen molar-refractivity contribution in [2.75, 3.05) is 4.90 Å². The number of benzene rings is 3. The Balaban J connectivity index is 1.55. The van der Waals surface area contributed by atoms with Gasteiger partial charge in [-0.05, 0) is 35.9 Å². The molecule has 0 aromatic heterocycles. The molecule has 35 heavy (non-hydrogen) atoms. The minimum absolute atomic E-state index is 0.173. The van der Waals surface area contributed by atoms with E-state index < -0.39 is 46.9 Å². The SMILES string of the molecule is O=C1[C@@H]2[C@@H](c3ccc(Br)cc3)OC3(C(=O)c4ccccc4C3=O)[C@H]2C(=O)N1c1cc(Cl)cc(Cl)c1. The molecule has 1 spiro atoms. The molecule has 0 bridgehead atoms. The third-order valence-corrected chi connectivity index (χ3v) is 7.79. The highest BCUT2D eigenvalue weighted by Crippen LogP contribution is 2.57. The molecule has 3 aliphatic rings. The molecular weight excluding hydrogens is 557 g/mol. The van der Waals surface area contributed by atoms with Gasteiger partial charge in [0.25, 0.3) is 0 Å². The van der Waals surface area contributed by atoms with Crippen LogP contribution in [-0.2, 0) is 14.3 Å². The van der Waals surface area contributed by atoms with E-state index >= 15 is 0 Å². The first-order chi connectivity index (χ1) is 16.7. The highest BCUT2D eigenvalue weighted by molar-refractivity contribution is 9.10. The molecule has 0 saturated carbocycles. The summed E-state index contributed by atoms with van der Waals surface area (Å²) in [6.07, 6.45) is -0.994. The fraction of sp³-hybridized carbons (Fsp3) is 0.154. The topological polar surface area (TPSA) is 80.8 Å². The maximum Gasteiger partial charge on any atom is 0.241 e. The molecule has 6 nitrogen and oxygen atoms in total. The van der Waals surface area contributed by atoms with Crippen molar-refractivity contribution in [1.29, 1.82) is 0 Å². The number of imide groups is 1. The Morgan fingerprint density at radius 1 is 0.800 bits per heavy atom. The molecule has 3 aromatic rings. The number of carbonyl (C=O) groups is 4. The second kappa shape index (κ2) is 7.83. The van der Waals surface area contributed by atoms with Crippen LogP contribution in [0.4, 0.5) is 5.69 Å². The maximum absolute atomic E-state index is 13.9. The van der Waals surface area contributed by atoms with Crippen LogP contribution in [0.25, 0.3) is 0 Å². The van der Waals surface area contributed by atoms with Gasteiger partial charge in [-0.25, -0.2) is 4.90 Å². The third-order valence-electron chi connectivity index (χ3n) is 6.82. The van der Waals surface area contributed by atoms with Crippen LogP contribution in [-0.4, -0.2) is 29.0 Å². The van der Waals surface area contributed by atoms with Gasteiger partial charge < -0.3 is 4.74 Å². The van der Waals surface area contributed by atoms with E-state index in [9.17, 15) is 19.2 Å². The van der Waals surface area contributed by atoms with E-state index in [1.807, 2.05) is 0 Å². The molecule has 2 fully saturated rings. The Kier molecular flexibility index (Phi) is 5.06. The number of ether oxygens (including phenoxy) is 1. The van der Waals surface area contributed by atoms with Crippen molar-refractivity contribution in [3.63, 3.8) is 0 Å². The van der Waals surface area contributed by atoms with Crippen LogP contribution in [0.2, 0.25) is 10.0 Å². The highest BCUT2D eigenvalue weighted by atomic mass is 79.9. The molecule has 2 aliphatic heterocycles. The summed E-state index contributed by atoms with van der Waals surface area (Å²) in [5.74, 6) is -4.94. The minimum atomic E-state index is -2.13. The summed E-state index contributed by atoms with van der Waals surface area (Å²) in [7, 11) is 0. The molecule has 9 heteroatoms. The molecule has 2 amide bonds. The molecule has 2 saturated heterocycles. The van der Waals surface area contributed by atoms with Crippen LogP contribution in [0.1, 0.15) is 32.4 Å². The van der Waals surface area contributed by atoms with E-state index in [0.29, 0.717) is 5.56 Å². The lowest BCUT2D eigenvalue weighted by molar-refractivity contribution is -0.127. The molecule has 0 unspecified atom stereocenters. The van der Waals surface area contributed by atoms with Crippen molar-refractivity contribution >= 4 is 68.2 Å². The number of nitrogens with zero attached hydrogens (tertiary/aromatic N) is 1. The molecule has 1 aliphatic carbocycles. The molecule has 6 rings (SSSR count). The van der Waals surface area contributed by atoms with Gasteiger partial charge in [0.2, 0.25) is 29.0 Å². The first kappa shape index (κ1) is 22.6. The van der Waals surface area contributed by atoms with E-state index in [1.54, 1.807) is 36.4 Å². The molecule has 3 aromatic carbocycles. The highest BCUT2D eigenvalue weighted by Gasteiger charge is 2.74. The summed E-state index contributed by atoms with van der Waals surface area (Å²) < 4.78 is 7.05. The van der Waals surface area contributed by atoms with Gasteiger partial charge in [0, 0.05) is 25.6 Å².